The van der Waals surface area contributed by atoms with Gasteiger partial charge in [0.05, 0.1) is 16.5 Å². The van der Waals surface area contributed by atoms with E-state index in [9.17, 15) is 9.59 Å². The van der Waals surface area contributed by atoms with Gasteiger partial charge < -0.3 is 5.32 Å². The van der Waals surface area contributed by atoms with Crippen LogP contribution in [0.2, 0.25) is 0 Å². The number of fused-ring (bicyclic) bond motifs is 1. The monoisotopic (exact) mass is 512 g/mol. The highest BCUT2D eigenvalue weighted by atomic mass is 32.2. The number of aromatic nitrogens is 2. The molecule has 2 aromatic heterocycles. The third kappa shape index (κ3) is 4.82. The van der Waals surface area contributed by atoms with Gasteiger partial charge in [-0.1, -0.05) is 90.7 Å². The molecule has 8 heteroatoms. The van der Waals surface area contributed by atoms with E-state index in [0.29, 0.717) is 32.8 Å². The first-order valence-electron chi connectivity index (χ1n) is 11.6. The van der Waals surface area contributed by atoms with Crippen molar-refractivity contribution in [1.82, 2.24) is 14.3 Å². The van der Waals surface area contributed by atoms with E-state index in [-0.39, 0.29) is 17.5 Å². The van der Waals surface area contributed by atoms with Gasteiger partial charge in [0.15, 0.2) is 0 Å². The summed E-state index contributed by atoms with van der Waals surface area (Å²) in [5.41, 5.74) is 2.79. The van der Waals surface area contributed by atoms with Crippen LogP contribution < -0.4 is 10.9 Å². The average Bonchev–Trinajstić information content (AvgIpc) is 3.19. The fraction of sp³-hybridized carbons (Fsp3) is 0.143. The smallest absolute Gasteiger partial charge is 0.267 e. The Morgan fingerprint density at radius 3 is 2.44 bits per heavy atom. The largest absolute Gasteiger partial charge is 0.369 e. The molecule has 4 aromatic rings. The zero-order valence-corrected chi connectivity index (χ0v) is 21.3. The lowest BCUT2D eigenvalue weighted by atomic mass is 10.1. The molecular formula is C28H24N4O2S2. The molecule has 5 rings (SSSR count). The number of thioether (sulfide) groups is 1. The van der Waals surface area contributed by atoms with Crippen molar-refractivity contribution in [2.45, 2.75) is 19.4 Å². The molecule has 180 valence electrons. The van der Waals surface area contributed by atoms with Gasteiger partial charge in [-0.2, -0.15) is 0 Å². The number of hydrogen-bond acceptors (Lipinski definition) is 6. The molecule has 3 heterocycles. The standard InChI is InChI=1S/C28H24N4O2S2/c1-19(21-12-6-3-7-13-21)32-27(34)23(36-28(32)35)18-22-25(29-16-15-20-10-4-2-5-11-20)30-24-14-8-9-17-31(24)26(22)33/h2-14,17-19,29H,15-16H2,1H3/b23-18+. The van der Waals surface area contributed by atoms with Crippen molar-refractivity contribution in [1.29, 1.82) is 0 Å². The van der Waals surface area contributed by atoms with Crippen LogP contribution in [0.1, 0.15) is 29.7 Å². The number of nitrogens with zero attached hydrogens (tertiary/aromatic N) is 3. The molecular weight excluding hydrogens is 488 g/mol. The molecule has 6 nitrogen and oxygen atoms in total. The number of amides is 1. The first-order chi connectivity index (χ1) is 17.5. The highest BCUT2D eigenvalue weighted by molar-refractivity contribution is 8.26. The number of thiocarbonyl (C=S) groups is 1. The number of pyridine rings is 1. The number of nitrogens with one attached hydrogen (secondary N) is 1. The molecule has 36 heavy (non-hydrogen) atoms. The van der Waals surface area contributed by atoms with Crippen LogP contribution in [0.5, 0.6) is 0 Å². The van der Waals surface area contributed by atoms with Crippen LogP contribution in [0.25, 0.3) is 11.7 Å². The maximum Gasteiger partial charge on any atom is 0.267 e. The van der Waals surface area contributed by atoms with Crippen molar-refractivity contribution >= 4 is 51.7 Å². The lowest BCUT2D eigenvalue weighted by Gasteiger charge is -2.23. The van der Waals surface area contributed by atoms with Crippen molar-refractivity contribution < 1.29 is 4.79 Å². The summed E-state index contributed by atoms with van der Waals surface area (Å²) in [6.45, 7) is 2.54. The zero-order chi connectivity index (χ0) is 25.1. The summed E-state index contributed by atoms with van der Waals surface area (Å²) in [5.74, 6) is 0.234. The van der Waals surface area contributed by atoms with Gasteiger partial charge >= 0.3 is 0 Å². The summed E-state index contributed by atoms with van der Waals surface area (Å²) in [5, 5.41) is 3.32. The van der Waals surface area contributed by atoms with Crippen molar-refractivity contribution in [2.75, 3.05) is 11.9 Å². The predicted octanol–water partition coefficient (Wildman–Crippen LogP) is 5.31. The Bertz CT molecular complexity index is 1520. The molecule has 1 aliphatic heterocycles. The number of rotatable bonds is 7. The zero-order valence-electron chi connectivity index (χ0n) is 19.6. The highest BCUT2D eigenvalue weighted by Crippen LogP contribution is 2.38. The van der Waals surface area contributed by atoms with Crippen LogP contribution in [-0.2, 0) is 11.2 Å². The van der Waals surface area contributed by atoms with E-state index >= 15 is 0 Å². The number of anilines is 1. The van der Waals surface area contributed by atoms with Crippen molar-refractivity contribution in [3.8, 4) is 0 Å². The molecule has 1 fully saturated rings. The summed E-state index contributed by atoms with van der Waals surface area (Å²) in [4.78, 5) is 33.6. The summed E-state index contributed by atoms with van der Waals surface area (Å²) in [6, 6.07) is 25.1. The van der Waals surface area contributed by atoms with Crippen LogP contribution in [0.15, 0.2) is 94.8 Å². The Hall–Kier alpha value is -3.75. The van der Waals surface area contributed by atoms with Gasteiger partial charge in [-0.25, -0.2) is 4.98 Å². The van der Waals surface area contributed by atoms with E-state index in [0.717, 1.165) is 12.0 Å². The normalized spacial score (nSPS) is 15.6. The minimum Gasteiger partial charge on any atom is -0.369 e. The second kappa shape index (κ2) is 10.5. The van der Waals surface area contributed by atoms with E-state index in [1.54, 1.807) is 29.3 Å². The third-order valence-corrected chi connectivity index (χ3v) is 7.42. The fourth-order valence-corrected chi connectivity index (χ4v) is 5.56. The quantitative estimate of drug-likeness (QED) is 0.267. The molecule has 1 unspecified atom stereocenters. The first-order valence-corrected chi connectivity index (χ1v) is 12.9. The summed E-state index contributed by atoms with van der Waals surface area (Å²) >= 11 is 6.77. The van der Waals surface area contributed by atoms with E-state index < -0.39 is 0 Å². The molecule has 1 N–H and O–H groups in total. The Balaban J connectivity index is 1.49. The molecule has 1 saturated heterocycles. The van der Waals surface area contributed by atoms with Gasteiger partial charge in [-0.05, 0) is 42.7 Å². The lowest BCUT2D eigenvalue weighted by molar-refractivity contribution is -0.123. The molecule has 2 aromatic carbocycles. The van der Waals surface area contributed by atoms with Gasteiger partial charge in [0.1, 0.15) is 15.8 Å². The maximum atomic E-state index is 13.5. The van der Waals surface area contributed by atoms with Gasteiger partial charge in [0, 0.05) is 12.7 Å². The van der Waals surface area contributed by atoms with E-state index in [4.69, 9.17) is 17.2 Å². The van der Waals surface area contributed by atoms with Gasteiger partial charge in [-0.3, -0.25) is 18.9 Å². The molecule has 0 radical (unpaired) electrons. The Morgan fingerprint density at radius 2 is 1.69 bits per heavy atom. The second-order valence-electron chi connectivity index (χ2n) is 8.41. The maximum absolute atomic E-state index is 13.5. The molecule has 0 bridgehead atoms. The van der Waals surface area contributed by atoms with Crippen LogP contribution >= 0.6 is 24.0 Å². The van der Waals surface area contributed by atoms with Gasteiger partial charge in [-0.15, -0.1) is 0 Å². The van der Waals surface area contributed by atoms with Crippen molar-refractivity contribution in [2.24, 2.45) is 0 Å². The molecule has 0 aliphatic carbocycles. The number of benzene rings is 2. The SMILES string of the molecule is CC(c1ccccc1)N1C(=O)/C(=C\c2c(NCCc3ccccc3)nc3ccccn3c2=O)SC1=S. The van der Waals surface area contributed by atoms with Gasteiger partial charge in [0.2, 0.25) is 0 Å². The topological polar surface area (TPSA) is 66.7 Å². The molecule has 1 aliphatic rings. The van der Waals surface area contributed by atoms with Crippen LogP contribution in [-0.4, -0.2) is 31.1 Å². The summed E-state index contributed by atoms with van der Waals surface area (Å²) in [7, 11) is 0. The summed E-state index contributed by atoms with van der Waals surface area (Å²) < 4.78 is 1.96. The number of carbonyl (C=O) groups is 1. The minimum absolute atomic E-state index is 0.214. The van der Waals surface area contributed by atoms with Crippen LogP contribution in [0, 0.1) is 0 Å². The van der Waals surface area contributed by atoms with Gasteiger partial charge in [0.25, 0.3) is 11.5 Å². The predicted molar refractivity (Wildman–Crippen MR) is 150 cm³/mol. The lowest BCUT2D eigenvalue weighted by Crippen LogP contribution is -2.31. The first kappa shape index (κ1) is 24.0. The van der Waals surface area contributed by atoms with Crippen LogP contribution in [0.3, 0.4) is 0 Å². The molecule has 0 spiro atoms. The fourth-order valence-electron chi connectivity index (χ4n) is 4.16. The van der Waals surface area contributed by atoms with Crippen LogP contribution in [0.4, 0.5) is 5.82 Å². The van der Waals surface area contributed by atoms with E-state index in [1.807, 2.05) is 61.5 Å². The highest BCUT2D eigenvalue weighted by Gasteiger charge is 2.36. The molecule has 0 saturated carbocycles. The Kier molecular flexibility index (Phi) is 6.97. The second-order valence-corrected chi connectivity index (χ2v) is 10.1. The number of hydrogen-bond donors (Lipinski definition) is 1. The van der Waals surface area contributed by atoms with Crippen molar-refractivity contribution in [3.63, 3.8) is 0 Å². The summed E-state index contributed by atoms with van der Waals surface area (Å²) in [6.07, 6.45) is 4.07. The third-order valence-electron chi connectivity index (χ3n) is 6.09. The number of carbonyl (C=O) groups excluding carboxylic acids is 1. The van der Waals surface area contributed by atoms with Crippen molar-refractivity contribution in [3.05, 3.63) is 117 Å². The Labute approximate surface area is 218 Å². The average molecular weight is 513 g/mol. The molecule has 1 amide bonds. The van der Waals surface area contributed by atoms with E-state index in [2.05, 4.69) is 17.4 Å². The molecule has 1 atom stereocenters. The van der Waals surface area contributed by atoms with E-state index in [1.165, 1.54) is 21.7 Å². The Morgan fingerprint density at radius 1 is 1.00 bits per heavy atom. The minimum atomic E-state index is -0.246.